The molecule has 0 aliphatic carbocycles. The number of likely N-dealkylation sites (tertiary alicyclic amines) is 1. The zero-order chi connectivity index (χ0) is 28.0. The molecule has 12 heteroatoms. The maximum Gasteiger partial charge on any atom is 0.251 e. The number of rotatable bonds is 6. The Labute approximate surface area is 229 Å². The number of aromatic nitrogens is 4. The van der Waals surface area contributed by atoms with Crippen molar-refractivity contribution >= 4 is 17.4 Å². The second-order valence-corrected chi connectivity index (χ2v) is 10.6. The van der Waals surface area contributed by atoms with Crippen LogP contribution in [0.3, 0.4) is 0 Å². The second-order valence-electron chi connectivity index (χ2n) is 10.6. The first-order valence-electron chi connectivity index (χ1n) is 13.3. The SMILES string of the molecule is CNC(=O)c1cc(C)c(F)c(-c2cnn3cc(-c4cnc(C5(F)CCN(C)CC5)o4)c(NC4CCOC4)nc23)c1. The van der Waals surface area contributed by atoms with Gasteiger partial charge in [0.15, 0.2) is 17.1 Å². The molecule has 2 fully saturated rings. The molecule has 1 atom stereocenters. The molecule has 3 aromatic heterocycles. The summed E-state index contributed by atoms with van der Waals surface area (Å²) < 4.78 is 44.2. The number of anilines is 1. The monoisotopic (exact) mass is 551 g/mol. The van der Waals surface area contributed by atoms with E-state index < -0.39 is 11.5 Å². The summed E-state index contributed by atoms with van der Waals surface area (Å²) >= 11 is 0. The molecule has 5 heterocycles. The first-order valence-corrected chi connectivity index (χ1v) is 13.3. The summed E-state index contributed by atoms with van der Waals surface area (Å²) in [4.78, 5) is 23.6. The lowest BCUT2D eigenvalue weighted by atomic mass is 9.93. The van der Waals surface area contributed by atoms with Crippen LogP contribution in [0.25, 0.3) is 28.1 Å². The Morgan fingerprint density at radius 3 is 2.70 bits per heavy atom. The van der Waals surface area contributed by atoms with Gasteiger partial charge in [-0.2, -0.15) is 5.10 Å². The van der Waals surface area contributed by atoms with Crippen LogP contribution in [0.15, 0.2) is 35.1 Å². The minimum absolute atomic E-state index is 0.000536. The van der Waals surface area contributed by atoms with Gasteiger partial charge in [-0.25, -0.2) is 23.3 Å². The largest absolute Gasteiger partial charge is 0.437 e. The number of hydrogen-bond acceptors (Lipinski definition) is 8. The van der Waals surface area contributed by atoms with E-state index in [1.807, 2.05) is 7.05 Å². The molecule has 2 aliphatic heterocycles. The van der Waals surface area contributed by atoms with Crippen molar-refractivity contribution in [2.45, 2.75) is 37.9 Å². The average Bonchev–Trinajstić information content (AvgIpc) is 3.73. The van der Waals surface area contributed by atoms with Crippen molar-refractivity contribution in [1.82, 2.24) is 29.8 Å². The molecule has 1 unspecified atom stereocenters. The molecule has 2 N–H and O–H groups in total. The molecular formula is C28H31F2N7O3. The van der Waals surface area contributed by atoms with Gasteiger partial charge < -0.3 is 24.7 Å². The van der Waals surface area contributed by atoms with Gasteiger partial charge in [-0.3, -0.25) is 4.79 Å². The lowest BCUT2D eigenvalue weighted by molar-refractivity contribution is 0.0421. The lowest BCUT2D eigenvalue weighted by Gasteiger charge is -2.32. The number of carbonyl (C=O) groups is 1. The maximum atomic E-state index is 15.8. The number of amides is 1. The zero-order valence-electron chi connectivity index (χ0n) is 22.6. The summed E-state index contributed by atoms with van der Waals surface area (Å²) in [6, 6.07) is 3.00. The molecular weight excluding hydrogens is 520 g/mol. The van der Waals surface area contributed by atoms with Crippen molar-refractivity contribution < 1.29 is 22.7 Å². The number of oxazole rings is 1. The van der Waals surface area contributed by atoms with E-state index in [-0.39, 0.29) is 23.4 Å². The number of nitrogens with one attached hydrogen (secondary N) is 2. The van der Waals surface area contributed by atoms with Gasteiger partial charge in [0.05, 0.1) is 30.6 Å². The van der Waals surface area contributed by atoms with Gasteiger partial charge in [0.25, 0.3) is 5.91 Å². The van der Waals surface area contributed by atoms with Gasteiger partial charge in [-0.05, 0) is 38.1 Å². The van der Waals surface area contributed by atoms with Crippen LogP contribution in [0.2, 0.25) is 0 Å². The van der Waals surface area contributed by atoms with Crippen LogP contribution >= 0.6 is 0 Å². The minimum atomic E-state index is -1.64. The summed E-state index contributed by atoms with van der Waals surface area (Å²) in [5.41, 5.74) is 0.589. The molecule has 1 aromatic carbocycles. The first kappa shape index (κ1) is 26.3. The fourth-order valence-electron chi connectivity index (χ4n) is 5.27. The number of nitrogens with zero attached hydrogens (tertiary/aromatic N) is 5. The molecule has 0 saturated carbocycles. The number of aryl methyl sites for hydroxylation is 1. The lowest BCUT2D eigenvalue weighted by Crippen LogP contribution is -2.38. The first-order chi connectivity index (χ1) is 19.3. The summed E-state index contributed by atoms with van der Waals surface area (Å²) in [6.07, 6.45) is 6.11. The third kappa shape index (κ3) is 4.71. The summed E-state index contributed by atoms with van der Waals surface area (Å²) in [5, 5.41) is 10.4. The Balaban J connectivity index is 1.45. The van der Waals surface area contributed by atoms with Crippen LogP contribution in [-0.4, -0.2) is 76.8 Å². The molecule has 40 heavy (non-hydrogen) atoms. The molecule has 10 nitrogen and oxygen atoms in total. The molecule has 0 bridgehead atoms. The van der Waals surface area contributed by atoms with E-state index in [0.29, 0.717) is 78.6 Å². The van der Waals surface area contributed by atoms with E-state index >= 15 is 8.78 Å². The summed E-state index contributed by atoms with van der Waals surface area (Å²) in [7, 11) is 3.49. The van der Waals surface area contributed by atoms with Crippen LogP contribution in [0, 0.1) is 12.7 Å². The van der Waals surface area contributed by atoms with Gasteiger partial charge in [-0.15, -0.1) is 0 Å². The topological polar surface area (TPSA) is 110 Å². The van der Waals surface area contributed by atoms with Crippen LogP contribution in [-0.2, 0) is 10.4 Å². The number of fused-ring (bicyclic) bond motifs is 1. The molecule has 0 radical (unpaired) electrons. The van der Waals surface area contributed by atoms with Gasteiger partial charge in [0.1, 0.15) is 11.6 Å². The quantitative estimate of drug-likeness (QED) is 0.371. The highest BCUT2D eigenvalue weighted by molar-refractivity contribution is 5.96. The van der Waals surface area contributed by atoms with Crippen molar-refractivity contribution in [1.29, 1.82) is 0 Å². The van der Waals surface area contributed by atoms with Gasteiger partial charge in [0.2, 0.25) is 5.89 Å². The number of halogens is 2. The predicted molar refractivity (Wildman–Crippen MR) is 144 cm³/mol. The number of piperidine rings is 1. The van der Waals surface area contributed by atoms with Gasteiger partial charge in [-0.1, -0.05) is 0 Å². The third-order valence-electron chi connectivity index (χ3n) is 7.73. The number of benzene rings is 1. The summed E-state index contributed by atoms with van der Waals surface area (Å²) in [6.45, 7) is 3.96. The molecule has 6 rings (SSSR count). The average molecular weight is 552 g/mol. The normalized spacial score (nSPS) is 19.3. The van der Waals surface area contributed by atoms with Gasteiger partial charge in [0, 0.05) is 62.5 Å². The van der Waals surface area contributed by atoms with Crippen molar-refractivity contribution in [2.24, 2.45) is 0 Å². The van der Waals surface area contributed by atoms with E-state index in [1.165, 1.54) is 36.1 Å². The highest BCUT2D eigenvalue weighted by Gasteiger charge is 2.40. The smallest absolute Gasteiger partial charge is 0.251 e. The highest BCUT2D eigenvalue weighted by atomic mass is 19.1. The van der Waals surface area contributed by atoms with E-state index in [9.17, 15) is 4.79 Å². The Bertz CT molecular complexity index is 1570. The molecule has 2 saturated heterocycles. The van der Waals surface area contributed by atoms with Gasteiger partial charge >= 0.3 is 0 Å². The van der Waals surface area contributed by atoms with Crippen LogP contribution in [0.4, 0.5) is 14.6 Å². The fraction of sp³-hybridized carbons (Fsp3) is 0.429. The van der Waals surface area contributed by atoms with E-state index in [2.05, 4.69) is 25.6 Å². The number of carbonyl (C=O) groups excluding carboxylic acids is 1. The van der Waals surface area contributed by atoms with Crippen LogP contribution < -0.4 is 10.6 Å². The Morgan fingerprint density at radius 1 is 1.18 bits per heavy atom. The van der Waals surface area contributed by atoms with Crippen LogP contribution in [0.5, 0.6) is 0 Å². The van der Waals surface area contributed by atoms with E-state index in [1.54, 1.807) is 13.1 Å². The number of ether oxygens (including phenoxy) is 1. The Kier molecular flexibility index (Phi) is 6.75. The van der Waals surface area contributed by atoms with Crippen molar-refractivity contribution in [2.75, 3.05) is 45.7 Å². The third-order valence-corrected chi connectivity index (χ3v) is 7.73. The van der Waals surface area contributed by atoms with Crippen molar-refractivity contribution in [3.05, 3.63) is 53.6 Å². The van der Waals surface area contributed by atoms with E-state index in [0.717, 1.165) is 6.42 Å². The molecule has 0 spiro atoms. The van der Waals surface area contributed by atoms with Crippen molar-refractivity contribution in [3.8, 4) is 22.5 Å². The number of hydrogen-bond donors (Lipinski definition) is 2. The highest BCUT2D eigenvalue weighted by Crippen LogP contribution is 2.39. The summed E-state index contributed by atoms with van der Waals surface area (Å²) in [5.74, 6) is 0.0794. The van der Waals surface area contributed by atoms with Crippen molar-refractivity contribution in [3.63, 3.8) is 0 Å². The Morgan fingerprint density at radius 2 is 1.98 bits per heavy atom. The Hall–Kier alpha value is -3.90. The second kappa shape index (κ2) is 10.3. The number of alkyl halides is 1. The molecule has 1 amide bonds. The zero-order valence-corrected chi connectivity index (χ0v) is 22.6. The standard InChI is InChI=1S/C28H31F2N7O3/c1-16-10-17(26(38)31-2)11-19(23(16)29)20-12-33-37-14-21(24(35-25(20)37)34-18-4-9-39-15-18)22-13-32-27(40-22)28(30)5-7-36(3)8-6-28/h10-14,18H,4-9,15H2,1-3H3,(H,31,38)(H,34,35). The van der Waals surface area contributed by atoms with Crippen LogP contribution in [0.1, 0.15) is 41.1 Å². The fourth-order valence-corrected chi connectivity index (χ4v) is 5.27. The maximum absolute atomic E-state index is 15.8. The predicted octanol–water partition coefficient (Wildman–Crippen LogP) is 3.95. The molecule has 4 aromatic rings. The molecule has 2 aliphatic rings. The van der Waals surface area contributed by atoms with E-state index in [4.69, 9.17) is 14.1 Å². The molecule has 210 valence electrons. The minimum Gasteiger partial charge on any atom is -0.437 e.